The van der Waals surface area contributed by atoms with Gasteiger partial charge in [0.15, 0.2) is 5.82 Å². The average Bonchev–Trinajstić information content (AvgIpc) is 2.64. The van der Waals surface area contributed by atoms with E-state index in [1.54, 1.807) is 12.1 Å². The molecule has 1 heterocycles. The highest BCUT2D eigenvalue weighted by molar-refractivity contribution is 6.32. The number of amides is 1. The van der Waals surface area contributed by atoms with Crippen molar-refractivity contribution < 1.29 is 13.9 Å². The fourth-order valence-electron chi connectivity index (χ4n) is 2.86. The van der Waals surface area contributed by atoms with E-state index in [-0.39, 0.29) is 24.1 Å². The molecule has 136 valence electrons. The lowest BCUT2D eigenvalue weighted by Crippen LogP contribution is -2.39. The van der Waals surface area contributed by atoms with Crippen LogP contribution in [-0.4, -0.2) is 28.0 Å². The van der Waals surface area contributed by atoms with Crippen molar-refractivity contribution in [3.63, 3.8) is 0 Å². The summed E-state index contributed by atoms with van der Waals surface area (Å²) in [5, 5.41) is 3.60. The first kappa shape index (κ1) is 18.3. The summed E-state index contributed by atoms with van der Waals surface area (Å²) in [4.78, 5) is 19.7. The summed E-state index contributed by atoms with van der Waals surface area (Å²) in [6.07, 6.45) is 8.51. The highest BCUT2D eigenvalue weighted by Crippen LogP contribution is 2.22. The first-order valence-electron chi connectivity index (χ1n) is 8.47. The molecular weight excluding hydrogens is 357 g/mol. The number of ether oxygens (including phenoxy) is 1. The molecule has 1 aliphatic rings. The largest absolute Gasteiger partial charge is 0.460 e. The van der Waals surface area contributed by atoms with E-state index in [4.69, 9.17) is 16.3 Å². The molecule has 26 heavy (non-hydrogen) atoms. The van der Waals surface area contributed by atoms with Crippen LogP contribution in [0.25, 0.3) is 6.08 Å². The van der Waals surface area contributed by atoms with Crippen molar-refractivity contribution in [3.05, 3.63) is 59.1 Å². The zero-order chi connectivity index (χ0) is 18.4. The molecule has 0 unspecified atom stereocenters. The summed E-state index contributed by atoms with van der Waals surface area (Å²) in [5.41, 5.74) is 0.806. The van der Waals surface area contributed by atoms with E-state index in [9.17, 15) is 9.18 Å². The van der Waals surface area contributed by atoms with Gasteiger partial charge in [-0.3, -0.25) is 4.79 Å². The predicted octanol–water partition coefficient (Wildman–Crippen LogP) is 3.79. The molecule has 3 rings (SSSR count). The molecule has 0 bridgehead atoms. The Morgan fingerprint density at radius 2 is 1.88 bits per heavy atom. The minimum absolute atomic E-state index is 0.0210. The molecule has 1 N–H and O–H groups in total. The Hall–Kier alpha value is -2.47. The molecule has 1 amide bonds. The molecule has 0 saturated heterocycles. The predicted molar refractivity (Wildman–Crippen MR) is 97.3 cm³/mol. The molecule has 1 fully saturated rings. The Bertz CT molecular complexity index is 775. The first-order chi connectivity index (χ1) is 12.6. The van der Waals surface area contributed by atoms with Gasteiger partial charge in [0, 0.05) is 17.1 Å². The Balaban J connectivity index is 1.44. The third kappa shape index (κ3) is 5.26. The lowest BCUT2D eigenvalue weighted by Gasteiger charge is -2.28. The Morgan fingerprint density at radius 3 is 2.58 bits per heavy atom. The van der Waals surface area contributed by atoms with E-state index in [1.165, 1.54) is 6.08 Å². The lowest BCUT2D eigenvalue weighted by atomic mass is 9.93. The third-order valence-corrected chi connectivity index (χ3v) is 4.55. The van der Waals surface area contributed by atoms with Crippen molar-refractivity contribution in [1.82, 2.24) is 15.3 Å². The van der Waals surface area contributed by atoms with Crippen molar-refractivity contribution in [1.29, 1.82) is 0 Å². The van der Waals surface area contributed by atoms with Gasteiger partial charge in [-0.15, -0.1) is 0 Å². The molecule has 7 heteroatoms. The molecule has 1 aromatic carbocycles. The smallest absolute Gasteiger partial charge is 0.316 e. The number of halogens is 2. The van der Waals surface area contributed by atoms with Crippen LogP contribution in [0.5, 0.6) is 6.01 Å². The monoisotopic (exact) mass is 375 g/mol. The second-order valence-electron chi connectivity index (χ2n) is 6.14. The van der Waals surface area contributed by atoms with E-state index >= 15 is 0 Å². The van der Waals surface area contributed by atoms with E-state index in [0.29, 0.717) is 5.02 Å². The molecule has 2 aromatic rings. The number of hydrogen-bond acceptors (Lipinski definition) is 4. The normalized spacial score (nSPS) is 20.1. The fourth-order valence-corrected chi connectivity index (χ4v) is 3.06. The summed E-state index contributed by atoms with van der Waals surface area (Å²) in [6.45, 7) is 0. The maximum absolute atomic E-state index is 12.8. The molecule has 0 aliphatic heterocycles. The molecule has 0 radical (unpaired) electrons. The van der Waals surface area contributed by atoms with Gasteiger partial charge in [-0.2, -0.15) is 0 Å². The van der Waals surface area contributed by atoms with Gasteiger partial charge in [0.1, 0.15) is 6.10 Å². The van der Waals surface area contributed by atoms with Crippen LogP contribution >= 0.6 is 11.6 Å². The van der Waals surface area contributed by atoms with E-state index in [1.807, 2.05) is 18.2 Å². The highest BCUT2D eigenvalue weighted by atomic mass is 35.5. The zero-order valence-electron chi connectivity index (χ0n) is 14.1. The van der Waals surface area contributed by atoms with Gasteiger partial charge in [0.2, 0.25) is 5.91 Å². The number of carbonyl (C=O) groups excluding carboxylic acids is 1. The van der Waals surface area contributed by atoms with Crippen molar-refractivity contribution >= 4 is 23.6 Å². The maximum atomic E-state index is 12.8. The summed E-state index contributed by atoms with van der Waals surface area (Å²) in [7, 11) is 0. The summed E-state index contributed by atoms with van der Waals surface area (Å²) in [6, 6.07) is 7.64. The standard InChI is InChI=1S/C19H19ClFN3O2/c20-17-4-2-1-3-13(17)5-10-18(25)24-15-6-8-16(9-7-15)26-19-22-11-14(21)12-23-19/h1-5,10-12,15-16H,6-9H2,(H,24,25)/b10-5+. The number of nitrogens with zero attached hydrogens (tertiary/aromatic N) is 2. The molecule has 5 nitrogen and oxygen atoms in total. The average molecular weight is 376 g/mol. The number of rotatable bonds is 5. The summed E-state index contributed by atoms with van der Waals surface area (Å²) in [5.74, 6) is -0.634. The topological polar surface area (TPSA) is 64.1 Å². The first-order valence-corrected chi connectivity index (χ1v) is 8.85. The van der Waals surface area contributed by atoms with Crippen LogP contribution < -0.4 is 10.1 Å². The third-order valence-electron chi connectivity index (χ3n) is 4.21. The van der Waals surface area contributed by atoms with Crippen LogP contribution in [0.2, 0.25) is 5.02 Å². The quantitative estimate of drug-likeness (QED) is 0.807. The second kappa shape index (κ2) is 8.76. The van der Waals surface area contributed by atoms with E-state index in [2.05, 4.69) is 15.3 Å². The maximum Gasteiger partial charge on any atom is 0.316 e. The number of benzene rings is 1. The Kier molecular flexibility index (Phi) is 6.17. The number of nitrogens with one attached hydrogen (secondary N) is 1. The SMILES string of the molecule is O=C(/C=C/c1ccccc1Cl)NC1CCC(Oc2ncc(F)cn2)CC1. The fraction of sp³-hybridized carbons (Fsp3) is 0.316. The van der Waals surface area contributed by atoms with E-state index in [0.717, 1.165) is 43.6 Å². The highest BCUT2D eigenvalue weighted by Gasteiger charge is 2.23. The van der Waals surface area contributed by atoms with Gasteiger partial charge in [-0.1, -0.05) is 29.8 Å². The van der Waals surface area contributed by atoms with Crippen LogP contribution in [0.15, 0.2) is 42.7 Å². The van der Waals surface area contributed by atoms with Crippen LogP contribution in [0, 0.1) is 5.82 Å². The number of hydrogen-bond donors (Lipinski definition) is 1. The van der Waals surface area contributed by atoms with Crippen LogP contribution in [0.1, 0.15) is 31.2 Å². The van der Waals surface area contributed by atoms with Crippen LogP contribution in [-0.2, 0) is 4.79 Å². The molecule has 1 aromatic heterocycles. The lowest BCUT2D eigenvalue weighted by molar-refractivity contribution is -0.117. The van der Waals surface area contributed by atoms with E-state index < -0.39 is 5.82 Å². The summed E-state index contributed by atoms with van der Waals surface area (Å²) < 4.78 is 18.4. The number of aromatic nitrogens is 2. The minimum atomic E-state index is -0.492. The van der Waals surface area contributed by atoms with Gasteiger partial charge in [-0.05, 0) is 43.4 Å². The molecule has 1 saturated carbocycles. The molecule has 1 aliphatic carbocycles. The Labute approximate surface area is 156 Å². The van der Waals surface area contributed by atoms with Gasteiger partial charge in [-0.25, -0.2) is 14.4 Å². The minimum Gasteiger partial charge on any atom is -0.460 e. The van der Waals surface area contributed by atoms with Gasteiger partial charge >= 0.3 is 6.01 Å². The number of carbonyl (C=O) groups is 1. The van der Waals surface area contributed by atoms with Crippen molar-refractivity contribution in [2.24, 2.45) is 0 Å². The second-order valence-corrected chi connectivity index (χ2v) is 6.55. The van der Waals surface area contributed by atoms with Crippen LogP contribution in [0.3, 0.4) is 0 Å². The molecular formula is C19H19ClFN3O2. The van der Waals surface area contributed by atoms with Crippen molar-refractivity contribution in [3.8, 4) is 6.01 Å². The van der Waals surface area contributed by atoms with Gasteiger partial charge < -0.3 is 10.1 Å². The van der Waals surface area contributed by atoms with Gasteiger partial charge in [0.05, 0.1) is 12.4 Å². The van der Waals surface area contributed by atoms with Crippen LogP contribution in [0.4, 0.5) is 4.39 Å². The molecule has 0 atom stereocenters. The van der Waals surface area contributed by atoms with Crippen molar-refractivity contribution in [2.45, 2.75) is 37.8 Å². The zero-order valence-corrected chi connectivity index (χ0v) is 14.8. The summed E-state index contributed by atoms with van der Waals surface area (Å²) >= 11 is 6.06. The Morgan fingerprint density at radius 1 is 1.19 bits per heavy atom. The van der Waals surface area contributed by atoms with Gasteiger partial charge in [0.25, 0.3) is 0 Å². The van der Waals surface area contributed by atoms with Crippen molar-refractivity contribution in [2.75, 3.05) is 0 Å². The molecule has 0 spiro atoms.